The first-order valence-electron chi connectivity index (χ1n) is 7.21. The average Bonchev–Trinajstić information content (AvgIpc) is 2.36. The van der Waals surface area contributed by atoms with Crippen LogP contribution in [0.5, 0.6) is 0 Å². The molecule has 0 spiro atoms. The third-order valence-electron chi connectivity index (χ3n) is 3.12. The van der Waals surface area contributed by atoms with Crippen molar-refractivity contribution in [1.29, 1.82) is 0 Å². The fraction of sp³-hybridized carbons (Fsp3) is 0.625. The lowest BCUT2D eigenvalue weighted by Gasteiger charge is -2.20. The topological polar surface area (TPSA) is 24.5 Å². The van der Waals surface area contributed by atoms with E-state index in [1.807, 2.05) is 6.92 Å². The minimum Gasteiger partial charge on any atom is -0.382 e. The number of benzene rings is 1. The Labute approximate surface area is 118 Å². The smallest absolute Gasteiger partial charge is 0.0477 e. The molecular weight excluding hydrogens is 236 g/mol. The highest BCUT2D eigenvalue weighted by Gasteiger charge is 2.01. The van der Waals surface area contributed by atoms with Crippen molar-refractivity contribution in [3.8, 4) is 0 Å². The summed E-state index contributed by atoms with van der Waals surface area (Å²) in [5.74, 6) is 0. The lowest BCUT2D eigenvalue weighted by atomic mass is 10.1. The fourth-order valence-corrected chi connectivity index (χ4v) is 2.12. The Balaban J connectivity index is 2.22. The highest BCUT2D eigenvalue weighted by Crippen LogP contribution is 2.16. The van der Waals surface area contributed by atoms with E-state index < -0.39 is 0 Å². The molecule has 1 aromatic carbocycles. The Morgan fingerprint density at radius 1 is 1.11 bits per heavy atom. The minimum absolute atomic E-state index is 0.815. The van der Waals surface area contributed by atoms with Crippen LogP contribution < -0.4 is 10.2 Å². The van der Waals surface area contributed by atoms with E-state index >= 15 is 0 Å². The van der Waals surface area contributed by atoms with E-state index in [-0.39, 0.29) is 0 Å². The van der Waals surface area contributed by atoms with Crippen LogP contribution >= 0.6 is 0 Å². The lowest BCUT2D eigenvalue weighted by Crippen LogP contribution is -2.30. The Kier molecular flexibility index (Phi) is 7.53. The molecule has 1 rings (SSSR count). The standard InChI is InChI=1S/C16H28N2O/c1-5-19-10-6-7-17-8-9-18(4)16-12-14(2)11-15(3)13-16/h11-13,17H,5-10H2,1-4H3. The van der Waals surface area contributed by atoms with Crippen LogP contribution in [0.3, 0.4) is 0 Å². The van der Waals surface area contributed by atoms with Crippen LogP contribution in [-0.4, -0.2) is 39.9 Å². The first-order valence-corrected chi connectivity index (χ1v) is 7.21. The molecule has 0 aliphatic rings. The normalized spacial score (nSPS) is 10.7. The molecule has 0 saturated carbocycles. The molecule has 0 aliphatic heterocycles. The molecule has 0 saturated heterocycles. The molecule has 0 unspecified atom stereocenters. The van der Waals surface area contributed by atoms with Crippen LogP contribution in [-0.2, 0) is 4.74 Å². The summed E-state index contributed by atoms with van der Waals surface area (Å²) in [5, 5.41) is 3.45. The number of rotatable bonds is 9. The predicted molar refractivity (Wildman–Crippen MR) is 83.2 cm³/mol. The molecule has 0 radical (unpaired) electrons. The van der Waals surface area contributed by atoms with Crippen LogP contribution in [0.15, 0.2) is 18.2 Å². The highest BCUT2D eigenvalue weighted by atomic mass is 16.5. The van der Waals surface area contributed by atoms with E-state index in [0.29, 0.717) is 0 Å². The quantitative estimate of drug-likeness (QED) is 0.694. The maximum absolute atomic E-state index is 5.31. The van der Waals surface area contributed by atoms with E-state index in [2.05, 4.69) is 49.3 Å². The summed E-state index contributed by atoms with van der Waals surface area (Å²) in [6.07, 6.45) is 1.08. The Morgan fingerprint density at radius 3 is 2.42 bits per heavy atom. The van der Waals surface area contributed by atoms with Crippen molar-refractivity contribution < 1.29 is 4.74 Å². The maximum atomic E-state index is 5.31. The molecule has 108 valence electrons. The predicted octanol–water partition coefficient (Wildman–Crippen LogP) is 2.76. The molecule has 1 N–H and O–H groups in total. The number of nitrogens with one attached hydrogen (secondary N) is 1. The van der Waals surface area contributed by atoms with Crippen molar-refractivity contribution in [2.75, 3.05) is 44.8 Å². The number of ether oxygens (including phenoxy) is 1. The summed E-state index contributed by atoms with van der Waals surface area (Å²) in [7, 11) is 2.15. The third kappa shape index (κ3) is 6.60. The lowest BCUT2D eigenvalue weighted by molar-refractivity contribution is 0.145. The van der Waals surface area contributed by atoms with E-state index in [0.717, 1.165) is 39.3 Å². The average molecular weight is 264 g/mol. The summed E-state index contributed by atoms with van der Waals surface area (Å²) < 4.78 is 5.31. The van der Waals surface area contributed by atoms with Crippen LogP contribution in [0.1, 0.15) is 24.5 Å². The molecule has 0 atom stereocenters. The third-order valence-corrected chi connectivity index (χ3v) is 3.12. The fourth-order valence-electron chi connectivity index (χ4n) is 2.12. The maximum Gasteiger partial charge on any atom is 0.0477 e. The Morgan fingerprint density at radius 2 is 1.79 bits per heavy atom. The molecule has 0 aliphatic carbocycles. The first kappa shape index (κ1) is 16.0. The summed E-state index contributed by atoms with van der Waals surface area (Å²) in [5.41, 5.74) is 3.95. The van der Waals surface area contributed by atoms with E-state index in [9.17, 15) is 0 Å². The van der Waals surface area contributed by atoms with Gasteiger partial charge in [0.25, 0.3) is 0 Å². The number of aryl methyl sites for hydroxylation is 2. The second-order valence-corrected chi connectivity index (χ2v) is 5.07. The van der Waals surface area contributed by atoms with Gasteiger partial charge in [0.2, 0.25) is 0 Å². The summed E-state index contributed by atoms with van der Waals surface area (Å²) in [4.78, 5) is 2.30. The van der Waals surface area contributed by atoms with E-state index in [4.69, 9.17) is 4.74 Å². The van der Waals surface area contributed by atoms with Gasteiger partial charge in [-0.15, -0.1) is 0 Å². The molecule has 0 heterocycles. The number of hydrogen-bond donors (Lipinski definition) is 1. The van der Waals surface area contributed by atoms with Gasteiger partial charge in [-0.05, 0) is 57.0 Å². The first-order chi connectivity index (χ1) is 9.13. The van der Waals surface area contributed by atoms with Crippen molar-refractivity contribution in [3.05, 3.63) is 29.3 Å². The van der Waals surface area contributed by atoms with Crippen LogP contribution in [0, 0.1) is 13.8 Å². The van der Waals surface area contributed by atoms with Gasteiger partial charge in [0.15, 0.2) is 0 Å². The summed E-state index contributed by atoms with van der Waals surface area (Å²) >= 11 is 0. The van der Waals surface area contributed by atoms with E-state index in [1.54, 1.807) is 0 Å². The molecule has 0 aromatic heterocycles. The van der Waals surface area contributed by atoms with Crippen LogP contribution in [0.2, 0.25) is 0 Å². The van der Waals surface area contributed by atoms with Gasteiger partial charge in [0.1, 0.15) is 0 Å². The second kappa shape index (κ2) is 8.94. The number of anilines is 1. The molecule has 0 amide bonds. The largest absolute Gasteiger partial charge is 0.382 e. The monoisotopic (exact) mass is 264 g/mol. The second-order valence-electron chi connectivity index (χ2n) is 5.07. The zero-order valence-electron chi connectivity index (χ0n) is 12.8. The zero-order chi connectivity index (χ0) is 14.1. The summed E-state index contributed by atoms with van der Waals surface area (Å²) in [6, 6.07) is 6.69. The van der Waals surface area contributed by atoms with Crippen molar-refractivity contribution in [3.63, 3.8) is 0 Å². The SMILES string of the molecule is CCOCCCNCCN(C)c1cc(C)cc(C)c1. The molecule has 1 aromatic rings. The molecule has 0 fully saturated rings. The molecule has 3 nitrogen and oxygen atoms in total. The van der Waals surface area contributed by atoms with Gasteiger partial charge in [-0.25, -0.2) is 0 Å². The summed E-state index contributed by atoms with van der Waals surface area (Å²) in [6.45, 7) is 11.1. The number of hydrogen-bond acceptors (Lipinski definition) is 3. The van der Waals surface area contributed by atoms with E-state index in [1.165, 1.54) is 16.8 Å². The van der Waals surface area contributed by atoms with Gasteiger partial charge in [-0.1, -0.05) is 6.07 Å². The number of nitrogens with zero attached hydrogens (tertiary/aromatic N) is 1. The minimum atomic E-state index is 0.815. The van der Waals surface area contributed by atoms with Gasteiger partial charge in [-0.3, -0.25) is 0 Å². The molecule has 0 bridgehead atoms. The van der Waals surface area contributed by atoms with Crippen molar-refractivity contribution in [2.45, 2.75) is 27.2 Å². The number of likely N-dealkylation sites (N-methyl/N-ethyl adjacent to an activating group) is 1. The van der Waals surface area contributed by atoms with Gasteiger partial charge >= 0.3 is 0 Å². The van der Waals surface area contributed by atoms with Crippen molar-refractivity contribution in [2.24, 2.45) is 0 Å². The molecule has 19 heavy (non-hydrogen) atoms. The van der Waals surface area contributed by atoms with Crippen molar-refractivity contribution >= 4 is 5.69 Å². The Bertz CT molecular complexity index is 346. The van der Waals surface area contributed by atoms with Gasteiger partial charge in [0.05, 0.1) is 0 Å². The molecule has 3 heteroatoms. The zero-order valence-corrected chi connectivity index (χ0v) is 12.8. The van der Waals surface area contributed by atoms with Gasteiger partial charge in [0, 0.05) is 39.0 Å². The van der Waals surface area contributed by atoms with Gasteiger partial charge < -0.3 is 15.0 Å². The highest BCUT2D eigenvalue weighted by molar-refractivity contribution is 5.50. The molecular formula is C16H28N2O. The van der Waals surface area contributed by atoms with Gasteiger partial charge in [-0.2, -0.15) is 0 Å². The Hall–Kier alpha value is -1.06. The van der Waals surface area contributed by atoms with Crippen LogP contribution in [0.25, 0.3) is 0 Å². The van der Waals surface area contributed by atoms with Crippen molar-refractivity contribution in [1.82, 2.24) is 5.32 Å². The van der Waals surface area contributed by atoms with Crippen LogP contribution in [0.4, 0.5) is 5.69 Å².